The zero-order valence-corrected chi connectivity index (χ0v) is 13.0. The quantitative estimate of drug-likeness (QED) is 0.904. The maximum atomic E-state index is 5.68. The highest BCUT2D eigenvalue weighted by Gasteiger charge is 2.53. The summed E-state index contributed by atoms with van der Waals surface area (Å²) >= 11 is 0. The van der Waals surface area contributed by atoms with Crippen molar-refractivity contribution in [3.05, 3.63) is 35.4 Å². The molecule has 21 heavy (non-hydrogen) atoms. The molecular formula is C18H26N2O. The molecule has 0 aromatic heterocycles. The normalized spacial score (nSPS) is 31.7. The van der Waals surface area contributed by atoms with E-state index in [-0.39, 0.29) is 5.41 Å². The summed E-state index contributed by atoms with van der Waals surface area (Å²) in [5.41, 5.74) is 3.43. The van der Waals surface area contributed by atoms with E-state index in [1.165, 1.54) is 25.9 Å². The number of nitrogens with one attached hydrogen (secondary N) is 1. The van der Waals surface area contributed by atoms with Gasteiger partial charge >= 0.3 is 0 Å². The smallest absolute Gasteiger partial charge is 0.0512 e. The van der Waals surface area contributed by atoms with Crippen LogP contribution in [0.4, 0.5) is 0 Å². The highest BCUT2D eigenvalue weighted by molar-refractivity contribution is 5.46. The molecule has 114 valence electrons. The van der Waals surface area contributed by atoms with Gasteiger partial charge in [0.25, 0.3) is 0 Å². The Morgan fingerprint density at radius 1 is 1.14 bits per heavy atom. The molecule has 3 heteroatoms. The van der Waals surface area contributed by atoms with Crippen molar-refractivity contribution in [1.29, 1.82) is 0 Å². The van der Waals surface area contributed by atoms with E-state index in [1.54, 1.807) is 11.1 Å². The Hall–Kier alpha value is -0.900. The second kappa shape index (κ2) is 5.38. The Labute approximate surface area is 127 Å². The first-order valence-corrected chi connectivity index (χ1v) is 8.45. The lowest BCUT2D eigenvalue weighted by Crippen LogP contribution is -2.52. The fraction of sp³-hybridized carbons (Fsp3) is 0.667. The molecule has 0 radical (unpaired) electrons. The molecule has 0 unspecified atom stereocenters. The van der Waals surface area contributed by atoms with E-state index in [0.717, 1.165) is 26.1 Å². The highest BCUT2D eigenvalue weighted by atomic mass is 16.5. The van der Waals surface area contributed by atoms with Gasteiger partial charge in [-0.15, -0.1) is 0 Å². The summed E-state index contributed by atoms with van der Waals surface area (Å²) in [5, 5.41) is 3.70. The van der Waals surface area contributed by atoms with E-state index in [9.17, 15) is 0 Å². The Balaban J connectivity index is 1.81. The molecule has 2 fully saturated rings. The average molecular weight is 286 g/mol. The zero-order valence-electron chi connectivity index (χ0n) is 13.0. The van der Waals surface area contributed by atoms with Crippen LogP contribution in [-0.4, -0.2) is 44.3 Å². The standard InChI is InChI=1S/C18H26N2O/c1-19-17-16(20-10-4-5-11-20)14-6-2-3-7-15(14)18(17)8-12-21-13-9-18/h2-3,6-7,16-17,19H,4-5,8-13H2,1H3/t16-,17+/m0/s1. The van der Waals surface area contributed by atoms with Gasteiger partial charge in [-0.2, -0.15) is 0 Å². The zero-order chi connectivity index (χ0) is 14.3. The fourth-order valence-corrected chi connectivity index (χ4v) is 5.04. The number of hydrogen-bond acceptors (Lipinski definition) is 3. The molecule has 2 aliphatic heterocycles. The van der Waals surface area contributed by atoms with Crippen LogP contribution in [0.1, 0.15) is 42.9 Å². The minimum absolute atomic E-state index is 0.275. The van der Waals surface area contributed by atoms with E-state index in [2.05, 4.69) is 41.5 Å². The predicted octanol–water partition coefficient (Wildman–Crippen LogP) is 2.47. The van der Waals surface area contributed by atoms with Crippen molar-refractivity contribution in [2.45, 2.75) is 43.2 Å². The molecule has 0 saturated carbocycles. The number of rotatable bonds is 2. The number of likely N-dealkylation sites (tertiary alicyclic amines) is 1. The third-order valence-corrected chi connectivity index (χ3v) is 5.96. The van der Waals surface area contributed by atoms with E-state index in [1.807, 2.05) is 0 Å². The largest absolute Gasteiger partial charge is 0.381 e. The van der Waals surface area contributed by atoms with Crippen LogP contribution < -0.4 is 5.32 Å². The van der Waals surface area contributed by atoms with Gasteiger partial charge in [-0.3, -0.25) is 4.90 Å². The first-order chi connectivity index (χ1) is 10.4. The highest BCUT2D eigenvalue weighted by Crippen LogP contribution is 2.52. The lowest BCUT2D eigenvalue weighted by Gasteiger charge is -2.42. The van der Waals surface area contributed by atoms with Crippen molar-refractivity contribution in [3.8, 4) is 0 Å². The summed E-state index contributed by atoms with van der Waals surface area (Å²) in [5.74, 6) is 0. The molecule has 1 N–H and O–H groups in total. The van der Waals surface area contributed by atoms with Gasteiger partial charge in [0.15, 0.2) is 0 Å². The van der Waals surface area contributed by atoms with Crippen LogP contribution >= 0.6 is 0 Å². The molecule has 3 aliphatic rings. The van der Waals surface area contributed by atoms with Crippen LogP contribution in [0, 0.1) is 0 Å². The summed E-state index contributed by atoms with van der Waals surface area (Å²) in [4.78, 5) is 2.71. The topological polar surface area (TPSA) is 24.5 Å². The molecule has 2 heterocycles. The number of nitrogens with zero attached hydrogens (tertiary/aromatic N) is 1. The summed E-state index contributed by atoms with van der Waals surface area (Å²) in [6.45, 7) is 4.31. The van der Waals surface area contributed by atoms with Crippen molar-refractivity contribution >= 4 is 0 Å². The molecule has 2 atom stereocenters. The molecule has 0 bridgehead atoms. The number of benzene rings is 1. The Bertz CT molecular complexity index is 504. The first kappa shape index (κ1) is 13.7. The lowest BCUT2D eigenvalue weighted by molar-refractivity contribution is 0.0276. The number of fused-ring (bicyclic) bond motifs is 2. The van der Waals surface area contributed by atoms with Crippen LogP contribution in [0.25, 0.3) is 0 Å². The van der Waals surface area contributed by atoms with Crippen molar-refractivity contribution in [3.63, 3.8) is 0 Å². The van der Waals surface area contributed by atoms with Crippen LogP contribution in [0.5, 0.6) is 0 Å². The average Bonchev–Trinajstić information content (AvgIpc) is 3.14. The Kier molecular flexibility index (Phi) is 3.52. The Morgan fingerprint density at radius 3 is 2.57 bits per heavy atom. The predicted molar refractivity (Wildman–Crippen MR) is 84.6 cm³/mol. The summed E-state index contributed by atoms with van der Waals surface area (Å²) in [6, 6.07) is 10.2. The molecule has 4 rings (SSSR count). The van der Waals surface area contributed by atoms with E-state index in [0.29, 0.717) is 12.1 Å². The van der Waals surface area contributed by atoms with Gasteiger partial charge in [-0.25, -0.2) is 0 Å². The first-order valence-electron chi connectivity index (χ1n) is 8.45. The van der Waals surface area contributed by atoms with Gasteiger partial charge in [0.2, 0.25) is 0 Å². The minimum atomic E-state index is 0.275. The van der Waals surface area contributed by atoms with Crippen molar-refractivity contribution < 1.29 is 4.74 Å². The van der Waals surface area contributed by atoms with Crippen LogP contribution in [0.2, 0.25) is 0 Å². The Morgan fingerprint density at radius 2 is 1.86 bits per heavy atom. The van der Waals surface area contributed by atoms with Crippen molar-refractivity contribution in [1.82, 2.24) is 10.2 Å². The fourth-order valence-electron chi connectivity index (χ4n) is 5.04. The van der Waals surface area contributed by atoms with E-state index < -0.39 is 0 Å². The summed E-state index contributed by atoms with van der Waals surface area (Å²) in [6.07, 6.45) is 5.01. The maximum Gasteiger partial charge on any atom is 0.0512 e. The SMILES string of the molecule is CN[C@@H]1[C@@H](N2CCCC2)c2ccccc2C12CCOCC2. The second-order valence-corrected chi connectivity index (χ2v) is 6.81. The third kappa shape index (κ3) is 1.98. The van der Waals surface area contributed by atoms with Gasteiger partial charge < -0.3 is 10.1 Å². The van der Waals surface area contributed by atoms with E-state index >= 15 is 0 Å². The summed E-state index contributed by atoms with van der Waals surface area (Å²) in [7, 11) is 2.15. The van der Waals surface area contributed by atoms with Gasteiger partial charge in [0.05, 0.1) is 6.04 Å². The molecule has 1 spiro atoms. The molecule has 1 aromatic rings. The van der Waals surface area contributed by atoms with Crippen LogP contribution in [0.3, 0.4) is 0 Å². The molecule has 0 amide bonds. The van der Waals surface area contributed by atoms with Gasteiger partial charge in [-0.1, -0.05) is 24.3 Å². The van der Waals surface area contributed by atoms with Crippen molar-refractivity contribution in [2.24, 2.45) is 0 Å². The van der Waals surface area contributed by atoms with Crippen LogP contribution in [0.15, 0.2) is 24.3 Å². The van der Waals surface area contributed by atoms with Crippen molar-refractivity contribution in [2.75, 3.05) is 33.4 Å². The number of likely N-dealkylation sites (N-methyl/N-ethyl adjacent to an activating group) is 1. The van der Waals surface area contributed by atoms with Gasteiger partial charge in [0.1, 0.15) is 0 Å². The molecule has 3 nitrogen and oxygen atoms in total. The van der Waals surface area contributed by atoms with E-state index in [4.69, 9.17) is 4.74 Å². The minimum Gasteiger partial charge on any atom is -0.381 e. The third-order valence-electron chi connectivity index (χ3n) is 5.96. The molecule has 1 aromatic carbocycles. The number of hydrogen-bond donors (Lipinski definition) is 1. The van der Waals surface area contributed by atoms with Gasteiger partial charge in [0, 0.05) is 24.7 Å². The maximum absolute atomic E-state index is 5.68. The second-order valence-electron chi connectivity index (χ2n) is 6.81. The van der Waals surface area contributed by atoms with Gasteiger partial charge in [-0.05, 0) is 56.9 Å². The van der Waals surface area contributed by atoms with Crippen LogP contribution in [-0.2, 0) is 10.2 Å². The number of ether oxygens (including phenoxy) is 1. The molecule has 2 saturated heterocycles. The monoisotopic (exact) mass is 286 g/mol. The molecular weight excluding hydrogens is 260 g/mol. The lowest BCUT2D eigenvalue weighted by atomic mass is 9.72. The summed E-state index contributed by atoms with van der Waals surface area (Å²) < 4.78 is 5.68. The molecule has 1 aliphatic carbocycles.